The molecule has 0 radical (unpaired) electrons. The van der Waals surface area contributed by atoms with E-state index in [1.807, 2.05) is 6.07 Å². The molecule has 0 aliphatic carbocycles. The number of ether oxygens (including phenoxy) is 2. The quantitative estimate of drug-likeness (QED) is 0.365. The molecule has 16 heavy (non-hydrogen) atoms. The van der Waals surface area contributed by atoms with Gasteiger partial charge in [-0.15, -0.1) is 0 Å². The van der Waals surface area contributed by atoms with Crippen LogP contribution >= 0.6 is 0 Å². The fraction of sp³-hybridized carbons (Fsp3) is 0.500. The molecule has 0 aliphatic rings. The molecule has 0 aromatic heterocycles. The fourth-order valence-corrected chi connectivity index (χ4v) is 1.10. The van der Waals surface area contributed by atoms with Crippen LogP contribution in [0.4, 0.5) is 0 Å². The Labute approximate surface area is 94.1 Å². The van der Waals surface area contributed by atoms with Crippen molar-refractivity contribution in [3.63, 3.8) is 0 Å². The molecule has 0 bridgehead atoms. The van der Waals surface area contributed by atoms with E-state index < -0.39 is 18.0 Å². The van der Waals surface area contributed by atoms with Crippen LogP contribution in [-0.2, 0) is 14.3 Å². The van der Waals surface area contributed by atoms with Gasteiger partial charge in [0.1, 0.15) is 5.92 Å². The molecule has 0 fully saturated rings. The molecule has 88 valence electrons. The number of carbonyl (C=O) groups is 1. The highest BCUT2D eigenvalue weighted by molar-refractivity contribution is 6.14. The number of nitrogens with two attached hydrogens (primary N) is 1. The lowest BCUT2D eigenvalue weighted by molar-refractivity contribution is -0.128. The Morgan fingerprint density at radius 3 is 2.44 bits per heavy atom. The van der Waals surface area contributed by atoms with Crippen molar-refractivity contribution in [3.05, 3.63) is 11.8 Å². The maximum absolute atomic E-state index is 11.7. The van der Waals surface area contributed by atoms with Crippen LogP contribution in [-0.4, -0.2) is 32.5 Å². The Morgan fingerprint density at radius 2 is 2.12 bits per heavy atom. The van der Waals surface area contributed by atoms with Gasteiger partial charge in [0.15, 0.2) is 12.1 Å². The maximum Gasteiger partial charge on any atom is 0.183 e. The zero-order chi connectivity index (χ0) is 12.6. The molecular weight excluding hydrogens is 210 g/mol. The van der Waals surface area contributed by atoms with Crippen LogP contribution in [0.15, 0.2) is 11.8 Å². The van der Waals surface area contributed by atoms with Gasteiger partial charge < -0.3 is 20.6 Å². The largest absolute Gasteiger partial charge is 0.404 e. The van der Waals surface area contributed by atoms with Gasteiger partial charge in [-0.3, -0.25) is 4.79 Å². The SMILES string of the molecule is COC(CC(C#N)C(=O)/C(C=N)=C/N)OC. The van der Waals surface area contributed by atoms with Crippen molar-refractivity contribution in [2.24, 2.45) is 11.7 Å². The van der Waals surface area contributed by atoms with Gasteiger partial charge in [-0.2, -0.15) is 5.26 Å². The van der Waals surface area contributed by atoms with Gasteiger partial charge in [-0.05, 0) is 0 Å². The third kappa shape index (κ3) is 3.81. The molecule has 0 aromatic carbocycles. The molecule has 0 aliphatic heterocycles. The van der Waals surface area contributed by atoms with E-state index in [4.69, 9.17) is 25.9 Å². The second kappa shape index (κ2) is 7.56. The van der Waals surface area contributed by atoms with Crippen molar-refractivity contribution >= 4 is 12.0 Å². The predicted molar refractivity (Wildman–Crippen MR) is 57.6 cm³/mol. The second-order valence-corrected chi connectivity index (χ2v) is 2.95. The van der Waals surface area contributed by atoms with Gasteiger partial charge in [0.2, 0.25) is 0 Å². The minimum absolute atomic E-state index is 0.00231. The van der Waals surface area contributed by atoms with Crippen molar-refractivity contribution in [2.75, 3.05) is 14.2 Å². The predicted octanol–water partition coefficient (Wildman–Crippen LogP) is 0.196. The lowest BCUT2D eigenvalue weighted by Crippen LogP contribution is -2.24. The Kier molecular flexibility index (Phi) is 6.76. The minimum Gasteiger partial charge on any atom is -0.404 e. The van der Waals surface area contributed by atoms with E-state index in [0.29, 0.717) is 0 Å². The van der Waals surface area contributed by atoms with Gasteiger partial charge in [-0.25, -0.2) is 0 Å². The van der Waals surface area contributed by atoms with Crippen LogP contribution in [0.3, 0.4) is 0 Å². The lowest BCUT2D eigenvalue weighted by atomic mass is 9.96. The van der Waals surface area contributed by atoms with Crippen molar-refractivity contribution in [1.82, 2.24) is 0 Å². The molecule has 3 N–H and O–H groups in total. The van der Waals surface area contributed by atoms with E-state index in [2.05, 4.69) is 0 Å². The average Bonchev–Trinajstić information content (AvgIpc) is 2.32. The highest BCUT2D eigenvalue weighted by Gasteiger charge is 2.24. The van der Waals surface area contributed by atoms with Gasteiger partial charge in [0.25, 0.3) is 0 Å². The Bertz CT molecular complexity index is 316. The van der Waals surface area contributed by atoms with Crippen molar-refractivity contribution in [2.45, 2.75) is 12.7 Å². The molecule has 0 saturated carbocycles. The summed E-state index contributed by atoms with van der Waals surface area (Å²) >= 11 is 0. The molecule has 0 heterocycles. The summed E-state index contributed by atoms with van der Waals surface area (Å²) < 4.78 is 9.79. The van der Waals surface area contributed by atoms with Crippen LogP contribution in [0.2, 0.25) is 0 Å². The van der Waals surface area contributed by atoms with Crippen LogP contribution in [0.1, 0.15) is 6.42 Å². The normalized spacial score (nSPS) is 13.2. The van der Waals surface area contributed by atoms with Crippen molar-refractivity contribution in [3.8, 4) is 6.07 Å². The number of nitriles is 1. The summed E-state index contributed by atoms with van der Waals surface area (Å²) in [7, 11) is 2.84. The standard InChI is InChI=1S/C10H15N3O3/c1-15-9(16-2)3-7(4-11)10(14)8(5-12)6-13/h5-7,9,12H,3,13H2,1-2H3/b8-6+,12-5?. The van der Waals surface area contributed by atoms with E-state index in [-0.39, 0.29) is 12.0 Å². The second-order valence-electron chi connectivity index (χ2n) is 2.95. The van der Waals surface area contributed by atoms with E-state index in [1.54, 1.807) is 0 Å². The number of Topliss-reactive ketones (excluding diaryl/α,β-unsaturated/α-hetero) is 1. The molecule has 0 spiro atoms. The van der Waals surface area contributed by atoms with Crippen LogP contribution in [0, 0.1) is 22.7 Å². The third-order valence-electron chi connectivity index (χ3n) is 2.05. The van der Waals surface area contributed by atoms with Gasteiger partial charge in [0, 0.05) is 33.1 Å². The van der Waals surface area contributed by atoms with Crippen LogP contribution in [0.25, 0.3) is 0 Å². The van der Waals surface area contributed by atoms with Gasteiger partial charge in [-0.1, -0.05) is 0 Å². The number of nitrogens with zero attached hydrogens (tertiary/aromatic N) is 1. The molecule has 6 heteroatoms. The average molecular weight is 225 g/mol. The first-order valence-electron chi connectivity index (χ1n) is 4.56. The number of carbonyl (C=O) groups excluding carboxylic acids is 1. The summed E-state index contributed by atoms with van der Waals surface area (Å²) in [6, 6.07) is 1.84. The number of hydrogen-bond donors (Lipinski definition) is 2. The highest BCUT2D eigenvalue weighted by Crippen LogP contribution is 2.13. The molecule has 0 rings (SSSR count). The summed E-state index contributed by atoms with van der Waals surface area (Å²) in [5.74, 6) is -1.43. The highest BCUT2D eigenvalue weighted by atomic mass is 16.7. The van der Waals surface area contributed by atoms with Gasteiger partial charge >= 0.3 is 0 Å². The van der Waals surface area contributed by atoms with Gasteiger partial charge in [0.05, 0.1) is 11.6 Å². The molecule has 1 unspecified atom stereocenters. The van der Waals surface area contributed by atoms with E-state index in [9.17, 15) is 4.79 Å². The van der Waals surface area contributed by atoms with E-state index in [0.717, 1.165) is 12.4 Å². The molecule has 0 amide bonds. The fourth-order valence-electron chi connectivity index (χ4n) is 1.10. The zero-order valence-electron chi connectivity index (χ0n) is 9.27. The monoisotopic (exact) mass is 225 g/mol. The Hall–Kier alpha value is -1.71. The molecule has 1 atom stereocenters. The maximum atomic E-state index is 11.7. The van der Waals surface area contributed by atoms with Crippen LogP contribution < -0.4 is 5.73 Å². The third-order valence-corrected chi connectivity index (χ3v) is 2.05. The number of ketones is 1. The first kappa shape index (κ1) is 14.3. The smallest absolute Gasteiger partial charge is 0.183 e. The summed E-state index contributed by atoms with van der Waals surface area (Å²) in [5.41, 5.74) is 5.16. The molecule has 0 aromatic rings. The number of rotatable bonds is 7. The lowest BCUT2D eigenvalue weighted by Gasteiger charge is -2.15. The minimum atomic E-state index is -0.929. The van der Waals surface area contributed by atoms with E-state index in [1.165, 1.54) is 14.2 Å². The summed E-state index contributed by atoms with van der Waals surface area (Å²) in [6.45, 7) is 0. The topological polar surface area (TPSA) is 109 Å². The first-order valence-corrected chi connectivity index (χ1v) is 4.56. The number of hydrogen-bond acceptors (Lipinski definition) is 6. The summed E-state index contributed by atoms with van der Waals surface area (Å²) in [4.78, 5) is 11.7. The Balaban J connectivity index is 4.69. The number of nitrogens with one attached hydrogen (secondary N) is 1. The molecule has 6 nitrogen and oxygen atoms in total. The molecular formula is C10H15N3O3. The zero-order valence-corrected chi connectivity index (χ0v) is 9.27. The summed E-state index contributed by atoms with van der Waals surface area (Å²) in [6.07, 6.45) is 1.31. The van der Waals surface area contributed by atoms with Crippen molar-refractivity contribution in [1.29, 1.82) is 10.7 Å². The molecule has 0 saturated heterocycles. The van der Waals surface area contributed by atoms with Crippen LogP contribution in [0.5, 0.6) is 0 Å². The number of methoxy groups -OCH3 is 2. The first-order chi connectivity index (χ1) is 7.64. The van der Waals surface area contributed by atoms with Crippen molar-refractivity contribution < 1.29 is 14.3 Å². The Morgan fingerprint density at radius 1 is 1.56 bits per heavy atom. The summed E-state index contributed by atoms with van der Waals surface area (Å²) in [5, 5.41) is 15.8. The van der Waals surface area contributed by atoms with E-state index >= 15 is 0 Å². The number of allylic oxidation sites excluding steroid dienone is 1.